The molecule has 2 nitrogen and oxygen atoms in total. The van der Waals surface area contributed by atoms with Gasteiger partial charge in [0, 0.05) is 5.75 Å². The quantitative estimate of drug-likeness (QED) is 0.626. The van der Waals surface area contributed by atoms with Crippen LogP contribution in [0, 0.1) is 13.8 Å². The average molecular weight is 312 g/mol. The molecule has 0 saturated heterocycles. The van der Waals surface area contributed by atoms with Gasteiger partial charge in [0.05, 0.1) is 4.88 Å². The first kappa shape index (κ1) is 14.3. The van der Waals surface area contributed by atoms with Crippen molar-refractivity contribution in [3.8, 4) is 10.6 Å². The zero-order valence-corrected chi connectivity index (χ0v) is 13.7. The fourth-order valence-corrected chi connectivity index (χ4v) is 3.63. The summed E-state index contributed by atoms with van der Waals surface area (Å²) in [5.74, 6) is 0.931. The van der Waals surface area contributed by atoms with Crippen molar-refractivity contribution in [1.29, 1.82) is 0 Å². The largest absolute Gasteiger partial charge is 0.149 e. The van der Waals surface area contributed by atoms with Crippen LogP contribution in [-0.2, 0) is 5.75 Å². The smallest absolute Gasteiger partial charge is 0.119 e. The maximum absolute atomic E-state index is 4.32. The first-order valence-electron chi connectivity index (χ1n) is 6.79. The van der Waals surface area contributed by atoms with Crippen molar-refractivity contribution >= 4 is 23.1 Å². The van der Waals surface area contributed by atoms with E-state index in [0.29, 0.717) is 0 Å². The van der Waals surface area contributed by atoms with Crippen LogP contribution < -0.4 is 0 Å². The molecule has 1 aromatic carbocycles. The molecule has 21 heavy (non-hydrogen) atoms. The summed E-state index contributed by atoms with van der Waals surface area (Å²) in [6, 6.07) is 14.8. The molecule has 0 atom stereocenters. The number of thiophene rings is 1. The van der Waals surface area contributed by atoms with Crippen LogP contribution >= 0.6 is 23.1 Å². The van der Waals surface area contributed by atoms with Gasteiger partial charge in [0.15, 0.2) is 0 Å². The lowest BCUT2D eigenvalue weighted by Gasteiger charge is -2.06. The van der Waals surface area contributed by atoms with Gasteiger partial charge in [-0.25, -0.2) is 0 Å². The second-order valence-electron chi connectivity index (χ2n) is 4.95. The Balaban J connectivity index is 1.70. The van der Waals surface area contributed by atoms with Gasteiger partial charge in [-0.3, -0.25) is 0 Å². The molecule has 0 saturated carbocycles. The number of aromatic nitrogens is 2. The lowest BCUT2D eigenvalue weighted by Crippen LogP contribution is -1.91. The molecule has 0 fully saturated rings. The van der Waals surface area contributed by atoms with E-state index in [1.165, 1.54) is 16.7 Å². The standard InChI is InChI=1S/C17H16N2S2/c1-12-5-6-13(2)14(10-12)11-21-17-8-7-15(18-19-17)16-4-3-9-20-16/h3-10H,11H2,1-2H3. The highest BCUT2D eigenvalue weighted by molar-refractivity contribution is 7.98. The van der Waals surface area contributed by atoms with Gasteiger partial charge >= 0.3 is 0 Å². The minimum atomic E-state index is 0.931. The van der Waals surface area contributed by atoms with Gasteiger partial charge in [0.25, 0.3) is 0 Å². The van der Waals surface area contributed by atoms with Crippen LogP contribution in [0.25, 0.3) is 10.6 Å². The van der Waals surface area contributed by atoms with E-state index < -0.39 is 0 Å². The molecule has 2 heterocycles. The Morgan fingerprint density at radius 1 is 1.05 bits per heavy atom. The SMILES string of the molecule is Cc1ccc(C)c(CSc2ccc(-c3cccs3)nn2)c1. The summed E-state index contributed by atoms with van der Waals surface area (Å²) >= 11 is 3.42. The van der Waals surface area contributed by atoms with Crippen LogP contribution in [0.3, 0.4) is 0 Å². The Morgan fingerprint density at radius 3 is 2.67 bits per heavy atom. The number of thioether (sulfide) groups is 1. The Labute approximate surface area is 133 Å². The zero-order valence-electron chi connectivity index (χ0n) is 12.0. The van der Waals surface area contributed by atoms with E-state index in [9.17, 15) is 0 Å². The summed E-state index contributed by atoms with van der Waals surface area (Å²) in [6.45, 7) is 4.28. The van der Waals surface area contributed by atoms with Crippen molar-refractivity contribution in [3.05, 3.63) is 64.5 Å². The zero-order chi connectivity index (χ0) is 14.7. The van der Waals surface area contributed by atoms with E-state index in [-0.39, 0.29) is 0 Å². The Morgan fingerprint density at radius 2 is 1.95 bits per heavy atom. The summed E-state index contributed by atoms with van der Waals surface area (Å²) in [6.07, 6.45) is 0. The molecule has 0 N–H and O–H groups in total. The Bertz CT molecular complexity index is 719. The molecule has 0 bridgehead atoms. The van der Waals surface area contributed by atoms with Crippen LogP contribution in [0.15, 0.2) is 52.9 Å². The number of benzene rings is 1. The maximum atomic E-state index is 4.32. The maximum Gasteiger partial charge on any atom is 0.119 e. The molecule has 0 aliphatic heterocycles. The molecule has 106 valence electrons. The van der Waals surface area contributed by atoms with Gasteiger partial charge in [0.2, 0.25) is 0 Å². The van der Waals surface area contributed by atoms with Crippen LogP contribution in [0.5, 0.6) is 0 Å². The second kappa shape index (κ2) is 6.41. The molecular formula is C17H16N2S2. The lowest BCUT2D eigenvalue weighted by atomic mass is 10.1. The van der Waals surface area contributed by atoms with Gasteiger partial charge in [0.1, 0.15) is 10.7 Å². The predicted molar refractivity (Wildman–Crippen MR) is 90.8 cm³/mol. The number of aryl methyl sites for hydroxylation is 2. The van der Waals surface area contributed by atoms with E-state index in [2.05, 4.69) is 59.8 Å². The molecule has 0 spiro atoms. The highest BCUT2D eigenvalue weighted by Crippen LogP contribution is 2.26. The molecule has 0 amide bonds. The van der Waals surface area contributed by atoms with Gasteiger partial charge < -0.3 is 0 Å². The average Bonchev–Trinajstić information content (AvgIpc) is 3.03. The predicted octanol–water partition coefficient (Wildman–Crippen LogP) is 5.11. The minimum Gasteiger partial charge on any atom is -0.149 e. The van der Waals surface area contributed by atoms with Crippen LogP contribution in [0.2, 0.25) is 0 Å². The van der Waals surface area contributed by atoms with Crippen LogP contribution in [-0.4, -0.2) is 10.2 Å². The van der Waals surface area contributed by atoms with Crippen molar-refractivity contribution in [2.45, 2.75) is 24.6 Å². The first-order valence-corrected chi connectivity index (χ1v) is 8.65. The fourth-order valence-electron chi connectivity index (χ4n) is 2.06. The normalized spacial score (nSPS) is 10.8. The third-order valence-electron chi connectivity index (χ3n) is 3.29. The van der Waals surface area contributed by atoms with E-state index in [1.807, 2.05) is 12.1 Å². The molecule has 0 unspecified atom stereocenters. The third-order valence-corrected chi connectivity index (χ3v) is 5.16. The topological polar surface area (TPSA) is 25.8 Å². The van der Waals surface area contributed by atoms with Gasteiger partial charge in [-0.15, -0.1) is 21.5 Å². The van der Waals surface area contributed by atoms with E-state index in [0.717, 1.165) is 21.3 Å². The first-order chi connectivity index (χ1) is 10.2. The number of nitrogens with zero attached hydrogens (tertiary/aromatic N) is 2. The van der Waals surface area contributed by atoms with Gasteiger partial charge in [-0.1, -0.05) is 41.6 Å². The van der Waals surface area contributed by atoms with Crippen molar-refractivity contribution in [3.63, 3.8) is 0 Å². The summed E-state index contributed by atoms with van der Waals surface area (Å²) in [5.41, 5.74) is 4.94. The van der Waals surface area contributed by atoms with Crippen molar-refractivity contribution in [2.24, 2.45) is 0 Å². The van der Waals surface area contributed by atoms with E-state index >= 15 is 0 Å². The summed E-state index contributed by atoms with van der Waals surface area (Å²) in [7, 11) is 0. The summed E-state index contributed by atoms with van der Waals surface area (Å²) in [4.78, 5) is 1.16. The monoisotopic (exact) mass is 312 g/mol. The van der Waals surface area contributed by atoms with Crippen molar-refractivity contribution < 1.29 is 0 Å². The number of rotatable bonds is 4. The van der Waals surface area contributed by atoms with Crippen LogP contribution in [0.4, 0.5) is 0 Å². The Kier molecular flexibility index (Phi) is 4.36. The minimum absolute atomic E-state index is 0.931. The molecule has 4 heteroatoms. The summed E-state index contributed by atoms with van der Waals surface area (Å²) < 4.78 is 0. The van der Waals surface area contributed by atoms with Gasteiger partial charge in [-0.05, 0) is 48.6 Å². The van der Waals surface area contributed by atoms with Crippen molar-refractivity contribution in [2.75, 3.05) is 0 Å². The van der Waals surface area contributed by atoms with Gasteiger partial charge in [-0.2, -0.15) is 0 Å². The van der Waals surface area contributed by atoms with E-state index in [4.69, 9.17) is 0 Å². The molecule has 0 aliphatic carbocycles. The molecule has 2 aromatic heterocycles. The third kappa shape index (κ3) is 3.52. The fraction of sp³-hybridized carbons (Fsp3) is 0.176. The van der Waals surface area contributed by atoms with Crippen molar-refractivity contribution in [1.82, 2.24) is 10.2 Å². The van der Waals surface area contributed by atoms with E-state index in [1.54, 1.807) is 23.1 Å². The number of hydrogen-bond donors (Lipinski definition) is 0. The van der Waals surface area contributed by atoms with Crippen LogP contribution in [0.1, 0.15) is 16.7 Å². The molecule has 0 radical (unpaired) electrons. The number of hydrogen-bond acceptors (Lipinski definition) is 4. The lowest BCUT2D eigenvalue weighted by molar-refractivity contribution is 0.937. The highest BCUT2D eigenvalue weighted by Gasteiger charge is 2.04. The summed E-state index contributed by atoms with van der Waals surface area (Å²) in [5, 5.41) is 11.7. The molecule has 3 rings (SSSR count). The Hall–Kier alpha value is -1.65. The molecular weight excluding hydrogens is 296 g/mol. The molecule has 0 aliphatic rings. The molecule has 3 aromatic rings. The highest BCUT2D eigenvalue weighted by atomic mass is 32.2. The second-order valence-corrected chi connectivity index (χ2v) is 6.90.